The molecule has 0 amide bonds. The van der Waals surface area contributed by atoms with Crippen LogP contribution in [0.5, 0.6) is 0 Å². The van der Waals surface area contributed by atoms with Gasteiger partial charge in [0.25, 0.3) is 0 Å². The van der Waals surface area contributed by atoms with Gasteiger partial charge in [0.15, 0.2) is 0 Å². The normalized spacial score (nSPS) is 21.5. The minimum Gasteiger partial charge on any atom is -0.389 e. The summed E-state index contributed by atoms with van der Waals surface area (Å²) in [6.07, 6.45) is 2.89. The van der Waals surface area contributed by atoms with Gasteiger partial charge in [0.05, 0.1) is 24.7 Å². The lowest BCUT2D eigenvalue weighted by Gasteiger charge is -2.26. The van der Waals surface area contributed by atoms with E-state index in [1.54, 1.807) is 0 Å². The van der Waals surface area contributed by atoms with Crippen molar-refractivity contribution in [2.75, 3.05) is 12.5 Å². The Morgan fingerprint density at radius 3 is 3.06 bits per heavy atom. The third-order valence-corrected chi connectivity index (χ3v) is 3.34. The first kappa shape index (κ1) is 11.9. The summed E-state index contributed by atoms with van der Waals surface area (Å²) in [6, 6.07) is 8.38. The number of fused-ring (bicyclic) bond motifs is 1. The van der Waals surface area contributed by atoms with Crippen LogP contribution in [0.3, 0.4) is 0 Å². The molecule has 3 heteroatoms. The van der Waals surface area contributed by atoms with Crippen LogP contribution in [0.2, 0.25) is 0 Å². The third kappa shape index (κ3) is 2.76. The maximum absolute atomic E-state index is 9.38. The van der Waals surface area contributed by atoms with E-state index in [1.165, 1.54) is 11.1 Å². The Balaban J connectivity index is 2.01. The van der Waals surface area contributed by atoms with Gasteiger partial charge in [-0.25, -0.2) is 0 Å². The van der Waals surface area contributed by atoms with Crippen molar-refractivity contribution in [2.24, 2.45) is 0 Å². The van der Waals surface area contributed by atoms with Crippen LogP contribution < -0.4 is 0 Å². The Kier molecular flexibility index (Phi) is 4.22. The molecule has 1 aromatic rings. The van der Waals surface area contributed by atoms with Crippen LogP contribution >= 0.6 is 11.6 Å². The first-order valence-electron chi connectivity index (χ1n) is 5.74. The van der Waals surface area contributed by atoms with Gasteiger partial charge >= 0.3 is 0 Å². The number of aliphatic hydroxyl groups is 1. The minimum atomic E-state index is -0.559. The largest absolute Gasteiger partial charge is 0.389 e. The Morgan fingerprint density at radius 2 is 2.25 bits per heavy atom. The zero-order valence-corrected chi connectivity index (χ0v) is 9.99. The lowest BCUT2D eigenvalue weighted by Crippen LogP contribution is -2.21. The Hall–Kier alpha value is -0.570. The van der Waals surface area contributed by atoms with Gasteiger partial charge in [0.2, 0.25) is 0 Å². The summed E-state index contributed by atoms with van der Waals surface area (Å²) in [5, 5.41) is 9.38. The van der Waals surface area contributed by atoms with Gasteiger partial charge in [0, 0.05) is 0 Å². The summed E-state index contributed by atoms with van der Waals surface area (Å²) in [5.74, 6) is 0.231. The Morgan fingerprint density at radius 1 is 1.44 bits per heavy atom. The molecule has 1 N–H and O–H groups in total. The van der Waals surface area contributed by atoms with E-state index in [0.717, 1.165) is 19.3 Å². The molecule has 0 radical (unpaired) electrons. The standard InChI is InChI=1S/C13H17ClO2/c14-8-11(15)9-16-13-7-3-5-10-4-1-2-6-12(10)13/h1-2,4,6,11,13,15H,3,5,7-9H2. The van der Waals surface area contributed by atoms with Crippen molar-refractivity contribution in [3.63, 3.8) is 0 Å². The maximum atomic E-state index is 9.38. The number of ether oxygens (including phenoxy) is 1. The van der Waals surface area contributed by atoms with E-state index in [9.17, 15) is 5.11 Å². The zero-order chi connectivity index (χ0) is 11.4. The quantitative estimate of drug-likeness (QED) is 0.820. The number of aryl methyl sites for hydroxylation is 1. The van der Waals surface area contributed by atoms with Gasteiger partial charge in [-0.3, -0.25) is 0 Å². The van der Waals surface area contributed by atoms with Crippen molar-refractivity contribution in [3.8, 4) is 0 Å². The number of aliphatic hydroxyl groups excluding tert-OH is 1. The molecule has 2 unspecified atom stereocenters. The van der Waals surface area contributed by atoms with Crippen LogP contribution in [0.25, 0.3) is 0 Å². The first-order chi connectivity index (χ1) is 7.81. The summed E-state index contributed by atoms with van der Waals surface area (Å²) in [7, 11) is 0. The van der Waals surface area contributed by atoms with E-state index < -0.39 is 6.10 Å². The Bertz CT molecular complexity index is 340. The SMILES string of the molecule is OC(CCl)COC1CCCc2ccccc21. The molecular weight excluding hydrogens is 224 g/mol. The number of halogens is 1. The summed E-state index contributed by atoms with van der Waals surface area (Å²) in [4.78, 5) is 0. The van der Waals surface area contributed by atoms with Gasteiger partial charge in [0.1, 0.15) is 0 Å². The van der Waals surface area contributed by atoms with Crippen molar-refractivity contribution in [3.05, 3.63) is 35.4 Å². The second-order valence-electron chi connectivity index (χ2n) is 4.22. The molecule has 16 heavy (non-hydrogen) atoms. The van der Waals surface area contributed by atoms with Gasteiger partial charge in [-0.1, -0.05) is 24.3 Å². The van der Waals surface area contributed by atoms with E-state index in [-0.39, 0.29) is 12.0 Å². The molecule has 2 rings (SSSR count). The molecule has 0 spiro atoms. The zero-order valence-electron chi connectivity index (χ0n) is 9.23. The number of rotatable bonds is 4. The minimum absolute atomic E-state index is 0.128. The second-order valence-corrected chi connectivity index (χ2v) is 4.53. The molecule has 0 heterocycles. The number of hydrogen-bond donors (Lipinski definition) is 1. The van der Waals surface area contributed by atoms with Crippen molar-refractivity contribution in [1.82, 2.24) is 0 Å². The molecule has 2 atom stereocenters. The molecule has 0 fully saturated rings. The number of alkyl halides is 1. The first-order valence-corrected chi connectivity index (χ1v) is 6.28. The highest BCUT2D eigenvalue weighted by molar-refractivity contribution is 6.18. The van der Waals surface area contributed by atoms with Crippen molar-refractivity contribution in [1.29, 1.82) is 0 Å². The van der Waals surface area contributed by atoms with Gasteiger partial charge in [-0.15, -0.1) is 11.6 Å². The predicted molar refractivity (Wildman–Crippen MR) is 64.8 cm³/mol. The van der Waals surface area contributed by atoms with Gasteiger partial charge in [-0.05, 0) is 30.4 Å². The van der Waals surface area contributed by atoms with E-state index in [0.29, 0.717) is 6.61 Å². The molecule has 0 aromatic heterocycles. The fourth-order valence-corrected chi connectivity index (χ4v) is 2.24. The van der Waals surface area contributed by atoms with Crippen LogP contribution in [0.4, 0.5) is 0 Å². The van der Waals surface area contributed by atoms with Crippen molar-refractivity contribution in [2.45, 2.75) is 31.5 Å². The molecule has 0 bridgehead atoms. The Labute approximate surface area is 101 Å². The summed E-state index contributed by atoms with van der Waals surface area (Å²) >= 11 is 5.54. The highest BCUT2D eigenvalue weighted by Crippen LogP contribution is 2.32. The van der Waals surface area contributed by atoms with Crippen LogP contribution in [0.15, 0.2) is 24.3 Å². The molecule has 0 saturated carbocycles. The molecular formula is C13H17ClO2. The molecule has 0 aliphatic heterocycles. The summed E-state index contributed by atoms with van der Waals surface area (Å²) < 4.78 is 5.73. The summed E-state index contributed by atoms with van der Waals surface area (Å²) in [6.45, 7) is 0.322. The summed E-state index contributed by atoms with van der Waals surface area (Å²) in [5.41, 5.74) is 2.65. The topological polar surface area (TPSA) is 29.5 Å². The number of benzene rings is 1. The van der Waals surface area contributed by atoms with E-state index >= 15 is 0 Å². The molecule has 0 saturated heterocycles. The molecule has 2 nitrogen and oxygen atoms in total. The molecule has 1 aliphatic carbocycles. The van der Waals surface area contributed by atoms with E-state index in [2.05, 4.69) is 18.2 Å². The van der Waals surface area contributed by atoms with Gasteiger partial charge in [-0.2, -0.15) is 0 Å². The van der Waals surface area contributed by atoms with Crippen molar-refractivity contribution < 1.29 is 9.84 Å². The average Bonchev–Trinajstić information content (AvgIpc) is 2.35. The second kappa shape index (κ2) is 5.67. The fraction of sp³-hybridized carbons (Fsp3) is 0.538. The lowest BCUT2D eigenvalue weighted by molar-refractivity contribution is -0.00999. The molecule has 1 aliphatic rings. The van der Waals surface area contributed by atoms with Crippen LogP contribution in [0.1, 0.15) is 30.1 Å². The average molecular weight is 241 g/mol. The number of hydrogen-bond acceptors (Lipinski definition) is 2. The molecule has 1 aromatic carbocycles. The van der Waals surface area contributed by atoms with E-state index in [4.69, 9.17) is 16.3 Å². The van der Waals surface area contributed by atoms with Crippen LogP contribution in [0, 0.1) is 0 Å². The fourth-order valence-electron chi connectivity index (χ4n) is 2.15. The van der Waals surface area contributed by atoms with Gasteiger partial charge < -0.3 is 9.84 Å². The highest BCUT2D eigenvalue weighted by atomic mass is 35.5. The van der Waals surface area contributed by atoms with Crippen LogP contribution in [-0.4, -0.2) is 23.7 Å². The smallest absolute Gasteiger partial charge is 0.0908 e. The third-order valence-electron chi connectivity index (χ3n) is 2.98. The predicted octanol–water partition coefficient (Wildman–Crippen LogP) is 2.68. The van der Waals surface area contributed by atoms with Crippen molar-refractivity contribution >= 4 is 11.6 Å². The maximum Gasteiger partial charge on any atom is 0.0908 e. The monoisotopic (exact) mass is 240 g/mol. The van der Waals surface area contributed by atoms with E-state index in [1.807, 2.05) is 6.07 Å². The lowest BCUT2D eigenvalue weighted by atomic mass is 9.89. The highest BCUT2D eigenvalue weighted by Gasteiger charge is 2.20. The van der Waals surface area contributed by atoms with Crippen LogP contribution in [-0.2, 0) is 11.2 Å². The molecule has 88 valence electrons.